The fraction of sp³-hybridized carbons (Fsp3) is 0.222. The molecule has 0 saturated heterocycles. The van der Waals surface area contributed by atoms with E-state index in [1.165, 1.54) is 6.33 Å². The Morgan fingerprint density at radius 3 is 2.86 bits per heavy atom. The minimum Gasteiger partial charge on any atom is -0.481 e. The highest BCUT2D eigenvalue weighted by atomic mass is 16.5. The molecule has 2 heterocycles. The Kier molecular flexibility index (Phi) is 2.14. The molecule has 0 aliphatic heterocycles. The van der Waals surface area contributed by atoms with E-state index in [0.717, 1.165) is 5.69 Å². The molecule has 0 aliphatic carbocycles. The highest BCUT2D eigenvalue weighted by Gasteiger charge is 2.01. The van der Waals surface area contributed by atoms with Gasteiger partial charge in [-0.3, -0.25) is 0 Å². The zero-order valence-corrected chi connectivity index (χ0v) is 8.01. The van der Waals surface area contributed by atoms with Gasteiger partial charge in [0.05, 0.1) is 12.8 Å². The molecule has 72 valence electrons. The van der Waals surface area contributed by atoms with Crippen molar-refractivity contribution in [3.05, 3.63) is 30.4 Å². The molecular weight excluding hydrogens is 180 g/mol. The van der Waals surface area contributed by atoms with Gasteiger partial charge in [0.25, 0.3) is 0 Å². The van der Waals surface area contributed by atoms with Gasteiger partial charge in [0, 0.05) is 12.3 Å². The van der Waals surface area contributed by atoms with Crippen LogP contribution in [0.4, 0.5) is 0 Å². The lowest BCUT2D eigenvalue weighted by Gasteiger charge is -2.01. The minimum atomic E-state index is 0.531. The highest BCUT2D eigenvalue weighted by molar-refractivity contribution is 5.26. The van der Waals surface area contributed by atoms with Crippen molar-refractivity contribution in [2.45, 2.75) is 6.92 Å². The summed E-state index contributed by atoms with van der Waals surface area (Å²) in [5, 5.41) is 4.23. The third-order valence-corrected chi connectivity index (χ3v) is 1.79. The monoisotopic (exact) mass is 190 g/mol. The van der Waals surface area contributed by atoms with Crippen LogP contribution >= 0.6 is 0 Å². The average Bonchev–Trinajstić information content (AvgIpc) is 2.65. The molecule has 0 aromatic carbocycles. The first kappa shape index (κ1) is 8.68. The molecule has 14 heavy (non-hydrogen) atoms. The molecule has 2 rings (SSSR count). The van der Waals surface area contributed by atoms with Crippen molar-refractivity contribution in [3.63, 3.8) is 0 Å². The molecule has 0 amide bonds. The number of aromatic nitrogens is 4. The van der Waals surface area contributed by atoms with Crippen LogP contribution in [0, 0.1) is 6.92 Å². The summed E-state index contributed by atoms with van der Waals surface area (Å²) in [7, 11) is 1.57. The molecule has 2 aromatic heterocycles. The van der Waals surface area contributed by atoms with Gasteiger partial charge in [0.15, 0.2) is 5.82 Å². The van der Waals surface area contributed by atoms with Gasteiger partial charge in [0.2, 0.25) is 5.88 Å². The summed E-state index contributed by atoms with van der Waals surface area (Å²) in [6.07, 6.45) is 3.29. The van der Waals surface area contributed by atoms with E-state index >= 15 is 0 Å². The number of nitrogens with zero attached hydrogens (tertiary/aromatic N) is 4. The van der Waals surface area contributed by atoms with Gasteiger partial charge in [-0.15, -0.1) is 0 Å². The lowest BCUT2D eigenvalue weighted by Crippen LogP contribution is -2.00. The number of methoxy groups -OCH3 is 1. The summed E-state index contributed by atoms with van der Waals surface area (Å²) < 4.78 is 6.67. The Labute approximate surface area is 81.4 Å². The first-order valence-electron chi connectivity index (χ1n) is 4.18. The molecule has 0 saturated carbocycles. The Morgan fingerprint density at radius 1 is 1.36 bits per heavy atom. The summed E-state index contributed by atoms with van der Waals surface area (Å²) in [4.78, 5) is 8.00. The van der Waals surface area contributed by atoms with Crippen molar-refractivity contribution in [1.82, 2.24) is 19.7 Å². The van der Waals surface area contributed by atoms with Gasteiger partial charge in [-0.05, 0) is 13.0 Å². The molecule has 0 bridgehead atoms. The molecule has 0 aliphatic rings. The number of hydrogen-bond acceptors (Lipinski definition) is 4. The van der Waals surface area contributed by atoms with E-state index in [-0.39, 0.29) is 0 Å². The zero-order chi connectivity index (χ0) is 9.97. The van der Waals surface area contributed by atoms with Crippen molar-refractivity contribution < 1.29 is 4.74 Å². The lowest BCUT2D eigenvalue weighted by molar-refractivity contribution is 0.396. The number of ether oxygens (including phenoxy) is 1. The van der Waals surface area contributed by atoms with Gasteiger partial charge >= 0.3 is 0 Å². The first-order valence-corrected chi connectivity index (χ1v) is 4.18. The van der Waals surface area contributed by atoms with Gasteiger partial charge in [-0.2, -0.15) is 5.10 Å². The molecule has 0 unspecified atom stereocenters. The second-order valence-corrected chi connectivity index (χ2v) is 2.82. The third-order valence-electron chi connectivity index (χ3n) is 1.79. The lowest BCUT2D eigenvalue weighted by atomic mass is 10.5. The van der Waals surface area contributed by atoms with Gasteiger partial charge in [-0.1, -0.05) is 0 Å². The molecule has 0 fully saturated rings. The summed E-state index contributed by atoms with van der Waals surface area (Å²) in [6, 6.07) is 3.64. The smallest absolute Gasteiger partial charge is 0.218 e. The van der Waals surface area contributed by atoms with Gasteiger partial charge in [-0.25, -0.2) is 14.6 Å². The molecule has 5 nitrogen and oxygen atoms in total. The van der Waals surface area contributed by atoms with E-state index in [1.54, 1.807) is 17.9 Å². The topological polar surface area (TPSA) is 52.8 Å². The van der Waals surface area contributed by atoms with Crippen LogP contribution in [0.1, 0.15) is 5.69 Å². The van der Waals surface area contributed by atoms with E-state index in [9.17, 15) is 0 Å². The van der Waals surface area contributed by atoms with E-state index in [4.69, 9.17) is 4.74 Å². The molecule has 2 aromatic rings. The molecule has 0 radical (unpaired) electrons. The molecular formula is C9H10N4O. The van der Waals surface area contributed by atoms with Crippen molar-refractivity contribution in [2.75, 3.05) is 7.11 Å². The zero-order valence-electron chi connectivity index (χ0n) is 8.01. The molecule has 0 spiro atoms. The van der Waals surface area contributed by atoms with Crippen LogP contribution in [-0.2, 0) is 0 Å². The van der Waals surface area contributed by atoms with Crippen LogP contribution in [0.3, 0.4) is 0 Å². The average molecular weight is 190 g/mol. The second-order valence-electron chi connectivity index (χ2n) is 2.82. The normalized spacial score (nSPS) is 10.1. The summed E-state index contributed by atoms with van der Waals surface area (Å²) in [5.74, 6) is 1.23. The summed E-state index contributed by atoms with van der Waals surface area (Å²) in [5.41, 5.74) is 0.947. The molecule has 0 atom stereocenters. The molecule has 5 heteroatoms. The number of aryl methyl sites for hydroxylation is 1. The summed E-state index contributed by atoms with van der Waals surface area (Å²) in [6.45, 7) is 1.93. The van der Waals surface area contributed by atoms with Crippen LogP contribution in [0.2, 0.25) is 0 Å². The highest BCUT2D eigenvalue weighted by Crippen LogP contribution is 2.09. The van der Waals surface area contributed by atoms with E-state index < -0.39 is 0 Å². The minimum absolute atomic E-state index is 0.531. The maximum absolute atomic E-state index is 4.99. The second kappa shape index (κ2) is 3.45. The van der Waals surface area contributed by atoms with Crippen molar-refractivity contribution in [2.24, 2.45) is 0 Å². The van der Waals surface area contributed by atoms with Gasteiger partial charge in [0.1, 0.15) is 6.33 Å². The van der Waals surface area contributed by atoms with Gasteiger partial charge < -0.3 is 4.74 Å². The van der Waals surface area contributed by atoms with Crippen molar-refractivity contribution in [3.8, 4) is 11.7 Å². The first-order chi connectivity index (χ1) is 6.79. The Balaban J connectivity index is 2.41. The van der Waals surface area contributed by atoms with E-state index in [1.807, 2.05) is 19.2 Å². The quantitative estimate of drug-likeness (QED) is 0.708. The van der Waals surface area contributed by atoms with Crippen LogP contribution in [0.5, 0.6) is 5.88 Å². The Bertz CT molecular complexity index is 438. The third kappa shape index (κ3) is 1.56. The Hall–Kier alpha value is -1.91. The van der Waals surface area contributed by atoms with Crippen molar-refractivity contribution in [1.29, 1.82) is 0 Å². The maximum Gasteiger partial charge on any atom is 0.218 e. The maximum atomic E-state index is 4.99. The fourth-order valence-corrected chi connectivity index (χ4v) is 1.11. The predicted molar refractivity (Wildman–Crippen MR) is 50.4 cm³/mol. The van der Waals surface area contributed by atoms with E-state index in [0.29, 0.717) is 11.7 Å². The predicted octanol–water partition coefficient (Wildman–Crippen LogP) is 0.979. The van der Waals surface area contributed by atoms with Crippen LogP contribution < -0.4 is 4.74 Å². The molecule has 0 N–H and O–H groups in total. The fourth-order valence-electron chi connectivity index (χ4n) is 1.11. The summed E-state index contributed by atoms with van der Waals surface area (Å²) >= 11 is 0. The largest absolute Gasteiger partial charge is 0.481 e. The van der Waals surface area contributed by atoms with Crippen LogP contribution in [-0.4, -0.2) is 26.9 Å². The SMILES string of the molecule is COc1cc(-n2ccc(C)n2)ncn1. The Morgan fingerprint density at radius 2 is 2.21 bits per heavy atom. The van der Waals surface area contributed by atoms with Crippen molar-refractivity contribution >= 4 is 0 Å². The standard InChI is InChI=1S/C9H10N4O/c1-7-3-4-13(12-7)8-5-9(14-2)11-6-10-8/h3-6H,1-2H3. The van der Waals surface area contributed by atoms with Crippen LogP contribution in [0.25, 0.3) is 5.82 Å². The number of rotatable bonds is 2. The van der Waals surface area contributed by atoms with E-state index in [2.05, 4.69) is 15.1 Å². The van der Waals surface area contributed by atoms with Crippen LogP contribution in [0.15, 0.2) is 24.7 Å². The number of hydrogen-bond donors (Lipinski definition) is 0.